The largest absolute Gasteiger partial charge is 0.422 e. The van der Waals surface area contributed by atoms with Crippen molar-refractivity contribution in [1.29, 1.82) is 0 Å². The molecule has 0 fully saturated rings. The van der Waals surface area contributed by atoms with Crippen LogP contribution in [0.15, 0.2) is 109 Å². The van der Waals surface area contributed by atoms with Gasteiger partial charge in [0.25, 0.3) is 0 Å². The summed E-state index contributed by atoms with van der Waals surface area (Å²) >= 11 is 0. The second-order valence-electron chi connectivity index (χ2n) is 6.76. The molecule has 0 aliphatic heterocycles. The Morgan fingerprint density at radius 1 is 0.552 bits per heavy atom. The van der Waals surface area contributed by atoms with E-state index in [0.717, 1.165) is 28.1 Å². The zero-order valence-corrected chi connectivity index (χ0v) is 15.7. The first kappa shape index (κ1) is 17.1. The lowest BCUT2D eigenvalue weighted by atomic mass is 9.99. The van der Waals surface area contributed by atoms with Crippen LogP contribution in [0.5, 0.6) is 0 Å². The third-order valence-electron chi connectivity index (χ3n) is 4.93. The van der Waals surface area contributed by atoms with Gasteiger partial charge in [-0.15, -0.1) is 0 Å². The first-order chi connectivity index (χ1) is 14.4. The molecule has 5 rings (SSSR count). The lowest BCUT2D eigenvalue weighted by molar-refractivity contribution is -0.580. The van der Waals surface area contributed by atoms with Gasteiger partial charge in [0.2, 0.25) is 6.33 Å². The summed E-state index contributed by atoms with van der Waals surface area (Å²) in [4.78, 5) is 4.46. The van der Waals surface area contributed by atoms with Gasteiger partial charge in [-0.1, -0.05) is 101 Å². The quantitative estimate of drug-likeness (QED) is 0.445. The molecule has 3 aromatic carbocycles. The molecule has 0 aliphatic carbocycles. The van der Waals surface area contributed by atoms with Crippen molar-refractivity contribution in [1.82, 2.24) is 15.2 Å². The Balaban J connectivity index is 1.87. The average Bonchev–Trinajstić information content (AvgIpc) is 3.34. The number of nitrogens with zero attached hydrogens (tertiary/aromatic N) is 3. The van der Waals surface area contributed by atoms with E-state index in [0.29, 0.717) is 5.95 Å². The highest BCUT2D eigenvalue weighted by Gasteiger charge is 2.22. The highest BCUT2D eigenvalue weighted by Crippen LogP contribution is 2.29. The Bertz CT molecular complexity index is 1160. The Kier molecular flexibility index (Phi) is 4.43. The smallest absolute Gasteiger partial charge is 0.193 e. The number of aromatic nitrogens is 4. The topological polar surface area (TPSA) is 45.5 Å². The van der Waals surface area contributed by atoms with Crippen LogP contribution in [-0.2, 0) is 0 Å². The van der Waals surface area contributed by atoms with Gasteiger partial charge in [0.1, 0.15) is 11.4 Å². The van der Waals surface area contributed by atoms with Gasteiger partial charge in [0.05, 0.1) is 0 Å². The van der Waals surface area contributed by atoms with Crippen molar-refractivity contribution in [2.24, 2.45) is 0 Å². The van der Waals surface area contributed by atoms with Crippen LogP contribution in [0.2, 0.25) is 0 Å². The van der Waals surface area contributed by atoms with Crippen molar-refractivity contribution in [3.63, 3.8) is 0 Å². The minimum atomic E-state index is 0.683. The summed E-state index contributed by atoms with van der Waals surface area (Å²) in [5.74, 6) is 0.683. The fraction of sp³-hybridized carbons (Fsp3) is 0. The SMILES string of the molecule is c1ccc(-c2cc(-c3ccccc3)[n+](-c3ncn[nH]3)c(-c3ccccc3)c2)cc1. The van der Waals surface area contributed by atoms with Crippen LogP contribution >= 0.6 is 0 Å². The maximum absolute atomic E-state index is 4.46. The molecule has 0 aliphatic rings. The van der Waals surface area contributed by atoms with Crippen LogP contribution in [-0.4, -0.2) is 15.2 Å². The summed E-state index contributed by atoms with van der Waals surface area (Å²) < 4.78 is 2.13. The second-order valence-corrected chi connectivity index (χ2v) is 6.76. The predicted octanol–water partition coefficient (Wildman–Crippen LogP) is 5.08. The van der Waals surface area contributed by atoms with E-state index in [9.17, 15) is 0 Å². The number of rotatable bonds is 4. The zero-order chi connectivity index (χ0) is 19.5. The first-order valence-corrected chi connectivity index (χ1v) is 9.52. The Hall–Kier alpha value is -4.05. The molecule has 0 unspecified atom stereocenters. The minimum Gasteiger partial charge on any atom is -0.193 e. The van der Waals surface area contributed by atoms with Crippen LogP contribution in [0.25, 0.3) is 39.6 Å². The molecule has 0 radical (unpaired) electrons. The molecule has 4 heteroatoms. The van der Waals surface area contributed by atoms with Gasteiger partial charge in [-0.05, 0) is 23.3 Å². The lowest BCUT2D eigenvalue weighted by Crippen LogP contribution is -2.38. The van der Waals surface area contributed by atoms with Crippen molar-refractivity contribution in [3.05, 3.63) is 109 Å². The van der Waals surface area contributed by atoms with E-state index in [-0.39, 0.29) is 0 Å². The molecular formula is C25H19N4+. The van der Waals surface area contributed by atoms with Gasteiger partial charge in [0, 0.05) is 11.1 Å². The van der Waals surface area contributed by atoms with Crippen LogP contribution in [0.4, 0.5) is 0 Å². The Morgan fingerprint density at radius 3 is 1.48 bits per heavy atom. The van der Waals surface area contributed by atoms with Crippen LogP contribution in [0, 0.1) is 0 Å². The molecule has 0 atom stereocenters. The van der Waals surface area contributed by atoms with Gasteiger partial charge in [-0.2, -0.15) is 9.67 Å². The molecule has 2 heterocycles. The van der Waals surface area contributed by atoms with Crippen molar-refractivity contribution >= 4 is 0 Å². The van der Waals surface area contributed by atoms with Crippen LogP contribution in [0.1, 0.15) is 0 Å². The first-order valence-electron chi connectivity index (χ1n) is 9.52. The molecule has 138 valence electrons. The third-order valence-corrected chi connectivity index (χ3v) is 4.93. The number of hydrogen-bond donors (Lipinski definition) is 1. The molecule has 0 saturated heterocycles. The minimum absolute atomic E-state index is 0.683. The molecule has 0 spiro atoms. The van der Waals surface area contributed by atoms with Crippen LogP contribution in [0.3, 0.4) is 0 Å². The van der Waals surface area contributed by atoms with E-state index < -0.39 is 0 Å². The summed E-state index contributed by atoms with van der Waals surface area (Å²) in [5.41, 5.74) is 6.63. The Morgan fingerprint density at radius 2 is 1.03 bits per heavy atom. The van der Waals surface area contributed by atoms with Gasteiger partial charge in [-0.3, -0.25) is 0 Å². The third kappa shape index (κ3) is 3.32. The normalized spacial score (nSPS) is 10.8. The van der Waals surface area contributed by atoms with Gasteiger partial charge >= 0.3 is 5.95 Å². The fourth-order valence-corrected chi connectivity index (χ4v) is 3.57. The molecule has 2 aromatic heterocycles. The lowest BCUT2D eigenvalue weighted by Gasteiger charge is -2.15. The molecule has 0 saturated carbocycles. The molecule has 29 heavy (non-hydrogen) atoms. The zero-order valence-electron chi connectivity index (χ0n) is 15.7. The van der Waals surface area contributed by atoms with Gasteiger partial charge in [0.15, 0.2) is 0 Å². The van der Waals surface area contributed by atoms with E-state index in [4.69, 9.17) is 0 Å². The monoisotopic (exact) mass is 375 g/mol. The maximum atomic E-state index is 4.46. The van der Waals surface area contributed by atoms with Crippen molar-refractivity contribution in [3.8, 4) is 39.6 Å². The fourth-order valence-electron chi connectivity index (χ4n) is 3.57. The standard InChI is InChI=1S/C25H19N4/c1-4-10-19(11-5-1)22-16-23(20-12-6-2-7-13-20)29(25-26-18-27-28-25)24(17-22)21-14-8-3-9-15-21/h1-18H,(H,26,27,28)/q+1. The molecule has 5 aromatic rings. The van der Waals surface area contributed by atoms with Gasteiger partial charge < -0.3 is 0 Å². The van der Waals surface area contributed by atoms with Crippen LogP contribution < -0.4 is 4.57 Å². The Labute approximate surface area is 169 Å². The summed E-state index contributed by atoms with van der Waals surface area (Å²) in [7, 11) is 0. The summed E-state index contributed by atoms with van der Waals surface area (Å²) in [6, 6.07) is 35.6. The molecular weight excluding hydrogens is 356 g/mol. The number of hydrogen-bond acceptors (Lipinski definition) is 2. The number of benzene rings is 3. The van der Waals surface area contributed by atoms with E-state index in [1.54, 1.807) is 0 Å². The number of nitrogens with one attached hydrogen (secondary N) is 1. The second kappa shape index (κ2) is 7.52. The highest BCUT2D eigenvalue weighted by atomic mass is 15.3. The summed E-state index contributed by atoms with van der Waals surface area (Å²) in [6.07, 6.45) is 1.54. The van der Waals surface area contributed by atoms with Gasteiger partial charge in [-0.25, -0.2) is 0 Å². The summed E-state index contributed by atoms with van der Waals surface area (Å²) in [5, 5.41) is 7.13. The molecule has 0 amide bonds. The molecule has 0 bridgehead atoms. The van der Waals surface area contributed by atoms with E-state index in [1.807, 2.05) is 18.2 Å². The number of H-pyrrole nitrogens is 1. The molecule has 1 N–H and O–H groups in total. The number of aromatic amines is 1. The highest BCUT2D eigenvalue weighted by molar-refractivity contribution is 5.74. The van der Waals surface area contributed by atoms with Crippen molar-refractivity contribution < 1.29 is 4.57 Å². The maximum Gasteiger partial charge on any atom is 0.422 e. The van der Waals surface area contributed by atoms with E-state index in [1.165, 1.54) is 11.9 Å². The predicted molar refractivity (Wildman–Crippen MR) is 114 cm³/mol. The van der Waals surface area contributed by atoms with Crippen molar-refractivity contribution in [2.75, 3.05) is 0 Å². The summed E-state index contributed by atoms with van der Waals surface area (Å²) in [6.45, 7) is 0. The number of pyridine rings is 1. The van der Waals surface area contributed by atoms with Crippen molar-refractivity contribution in [2.45, 2.75) is 0 Å². The average molecular weight is 375 g/mol. The molecule has 4 nitrogen and oxygen atoms in total. The van der Waals surface area contributed by atoms with E-state index in [2.05, 4.69) is 105 Å². The van der Waals surface area contributed by atoms with E-state index >= 15 is 0 Å².